The minimum absolute atomic E-state index is 0.235. The van der Waals surface area contributed by atoms with Crippen molar-refractivity contribution in [3.63, 3.8) is 0 Å². The minimum Gasteiger partial charge on any atom is -0.359 e. The van der Waals surface area contributed by atoms with E-state index < -0.39 is 0 Å². The Morgan fingerprint density at radius 3 is 2.43 bits per heavy atom. The minimum atomic E-state index is 0.235. The number of carbonyl (C=O) groups is 1. The first-order chi connectivity index (χ1) is 6.45. The van der Waals surface area contributed by atoms with Crippen LogP contribution in [0.5, 0.6) is 0 Å². The number of rotatable bonds is 1. The van der Waals surface area contributed by atoms with Crippen LogP contribution in [0, 0.1) is 17.3 Å². The third-order valence-corrected chi connectivity index (χ3v) is 3.52. The molecule has 14 heavy (non-hydrogen) atoms. The highest BCUT2D eigenvalue weighted by atomic mass is 16.1. The molecule has 2 atom stereocenters. The lowest BCUT2D eigenvalue weighted by Crippen LogP contribution is -2.34. The maximum atomic E-state index is 11.5. The first-order valence-electron chi connectivity index (χ1n) is 5.66. The molecule has 0 radical (unpaired) electrons. The van der Waals surface area contributed by atoms with Gasteiger partial charge in [-0.25, -0.2) is 0 Å². The van der Waals surface area contributed by atoms with Gasteiger partial charge in [-0.05, 0) is 30.6 Å². The lowest BCUT2D eigenvalue weighted by molar-refractivity contribution is -0.126. The third kappa shape index (κ3) is 2.73. The predicted molar refractivity (Wildman–Crippen MR) is 59.0 cm³/mol. The third-order valence-electron chi connectivity index (χ3n) is 3.52. The first kappa shape index (κ1) is 11.5. The van der Waals surface area contributed by atoms with Crippen LogP contribution in [-0.4, -0.2) is 13.0 Å². The molecule has 0 bridgehead atoms. The van der Waals surface area contributed by atoms with Crippen LogP contribution in [0.2, 0.25) is 0 Å². The summed E-state index contributed by atoms with van der Waals surface area (Å²) in [7, 11) is 1.74. The highest BCUT2D eigenvalue weighted by molar-refractivity contribution is 5.78. The summed E-state index contributed by atoms with van der Waals surface area (Å²) in [6.45, 7) is 6.84. The molecule has 0 aromatic heterocycles. The first-order valence-corrected chi connectivity index (χ1v) is 5.66. The van der Waals surface area contributed by atoms with E-state index in [9.17, 15) is 4.79 Å². The smallest absolute Gasteiger partial charge is 0.222 e. The summed E-state index contributed by atoms with van der Waals surface area (Å²) in [6.07, 6.45) is 4.65. The molecule has 0 saturated heterocycles. The zero-order valence-electron chi connectivity index (χ0n) is 9.89. The number of carbonyl (C=O) groups excluding carboxylic acids is 1. The summed E-state index contributed by atoms with van der Waals surface area (Å²) >= 11 is 0. The highest BCUT2D eigenvalue weighted by Crippen LogP contribution is 2.40. The molecule has 1 N–H and O–H groups in total. The molecule has 1 fully saturated rings. The molecule has 0 spiro atoms. The van der Waals surface area contributed by atoms with Gasteiger partial charge in [0, 0.05) is 13.0 Å². The average molecular weight is 197 g/mol. The Bertz CT molecular complexity index is 205. The lowest BCUT2D eigenvalue weighted by Gasteiger charge is -2.37. The Kier molecular flexibility index (Phi) is 3.57. The van der Waals surface area contributed by atoms with Crippen molar-refractivity contribution < 1.29 is 4.79 Å². The maximum absolute atomic E-state index is 11.5. The van der Waals surface area contributed by atoms with E-state index >= 15 is 0 Å². The fraction of sp³-hybridized carbons (Fsp3) is 0.917. The van der Waals surface area contributed by atoms with Crippen LogP contribution in [0.3, 0.4) is 0 Å². The predicted octanol–water partition coefficient (Wildman–Crippen LogP) is 2.58. The largest absolute Gasteiger partial charge is 0.359 e. The molecule has 82 valence electrons. The molecule has 1 aliphatic carbocycles. The van der Waals surface area contributed by atoms with Gasteiger partial charge < -0.3 is 5.32 Å². The Hall–Kier alpha value is -0.530. The van der Waals surface area contributed by atoms with E-state index in [1.807, 2.05) is 0 Å². The summed E-state index contributed by atoms with van der Waals surface area (Å²) in [5, 5.41) is 2.77. The van der Waals surface area contributed by atoms with Crippen molar-refractivity contribution in [1.29, 1.82) is 0 Å². The van der Waals surface area contributed by atoms with Crippen molar-refractivity contribution >= 4 is 5.91 Å². The van der Waals surface area contributed by atoms with E-state index in [2.05, 4.69) is 26.1 Å². The quantitative estimate of drug-likeness (QED) is 0.688. The van der Waals surface area contributed by atoms with Gasteiger partial charge in [-0.1, -0.05) is 27.2 Å². The van der Waals surface area contributed by atoms with Gasteiger partial charge in [-0.15, -0.1) is 0 Å². The standard InChI is InChI=1S/C12H23NO/c1-12(2,3)10-7-5-6-9(8-10)11(14)13-4/h9-10H,5-8H2,1-4H3,(H,13,14). The van der Waals surface area contributed by atoms with Gasteiger partial charge in [0.15, 0.2) is 0 Å². The molecule has 0 aromatic carbocycles. The van der Waals surface area contributed by atoms with Gasteiger partial charge in [0.1, 0.15) is 0 Å². The molecule has 2 unspecified atom stereocenters. The summed E-state index contributed by atoms with van der Waals surface area (Å²) in [6, 6.07) is 0. The monoisotopic (exact) mass is 197 g/mol. The Labute approximate surface area is 87.5 Å². The van der Waals surface area contributed by atoms with Crippen molar-refractivity contribution in [1.82, 2.24) is 5.32 Å². The average Bonchev–Trinajstić information content (AvgIpc) is 2.15. The topological polar surface area (TPSA) is 29.1 Å². The van der Waals surface area contributed by atoms with E-state index in [1.165, 1.54) is 12.8 Å². The van der Waals surface area contributed by atoms with Crippen molar-refractivity contribution in [3.8, 4) is 0 Å². The van der Waals surface area contributed by atoms with Crippen LogP contribution in [0.15, 0.2) is 0 Å². The van der Waals surface area contributed by atoms with Crippen LogP contribution in [-0.2, 0) is 4.79 Å². The summed E-state index contributed by atoms with van der Waals surface area (Å²) in [4.78, 5) is 11.5. The van der Waals surface area contributed by atoms with E-state index in [0.717, 1.165) is 12.8 Å². The molecule has 1 amide bonds. The lowest BCUT2D eigenvalue weighted by atomic mass is 9.69. The van der Waals surface area contributed by atoms with Crippen LogP contribution < -0.4 is 5.32 Å². The Morgan fingerprint density at radius 1 is 1.29 bits per heavy atom. The number of hydrogen-bond acceptors (Lipinski definition) is 1. The Morgan fingerprint density at radius 2 is 1.93 bits per heavy atom. The van der Waals surface area contributed by atoms with Crippen molar-refractivity contribution in [2.75, 3.05) is 7.05 Å². The zero-order valence-corrected chi connectivity index (χ0v) is 9.89. The summed E-state index contributed by atoms with van der Waals surface area (Å²) in [5.74, 6) is 1.20. The highest BCUT2D eigenvalue weighted by Gasteiger charge is 2.32. The molecule has 0 aliphatic heterocycles. The molecular formula is C12H23NO. The van der Waals surface area contributed by atoms with Crippen LogP contribution >= 0.6 is 0 Å². The van der Waals surface area contributed by atoms with Gasteiger partial charge in [0.05, 0.1) is 0 Å². The Balaban J connectivity index is 2.56. The number of hydrogen-bond donors (Lipinski definition) is 1. The van der Waals surface area contributed by atoms with E-state index in [-0.39, 0.29) is 11.8 Å². The normalized spacial score (nSPS) is 28.6. The molecule has 2 heteroatoms. The summed E-state index contributed by atoms with van der Waals surface area (Å²) in [5.41, 5.74) is 0.354. The number of nitrogens with one attached hydrogen (secondary N) is 1. The molecule has 1 saturated carbocycles. The summed E-state index contributed by atoms with van der Waals surface area (Å²) < 4.78 is 0. The van der Waals surface area contributed by atoms with Gasteiger partial charge in [0.2, 0.25) is 5.91 Å². The fourth-order valence-electron chi connectivity index (χ4n) is 2.42. The second kappa shape index (κ2) is 4.33. The van der Waals surface area contributed by atoms with Crippen LogP contribution in [0.4, 0.5) is 0 Å². The van der Waals surface area contributed by atoms with Crippen LogP contribution in [0.25, 0.3) is 0 Å². The van der Waals surface area contributed by atoms with Gasteiger partial charge in [-0.2, -0.15) is 0 Å². The molecule has 1 aliphatic rings. The van der Waals surface area contributed by atoms with E-state index in [0.29, 0.717) is 11.3 Å². The van der Waals surface area contributed by atoms with Crippen LogP contribution in [0.1, 0.15) is 46.5 Å². The van der Waals surface area contributed by atoms with Crippen molar-refractivity contribution in [2.45, 2.75) is 46.5 Å². The van der Waals surface area contributed by atoms with Crippen molar-refractivity contribution in [3.05, 3.63) is 0 Å². The second-order valence-corrected chi connectivity index (χ2v) is 5.54. The van der Waals surface area contributed by atoms with Gasteiger partial charge in [0.25, 0.3) is 0 Å². The van der Waals surface area contributed by atoms with E-state index in [1.54, 1.807) is 7.05 Å². The maximum Gasteiger partial charge on any atom is 0.222 e. The molecule has 2 nitrogen and oxygen atoms in total. The van der Waals surface area contributed by atoms with Gasteiger partial charge >= 0.3 is 0 Å². The van der Waals surface area contributed by atoms with Gasteiger partial charge in [-0.3, -0.25) is 4.79 Å². The fourth-order valence-corrected chi connectivity index (χ4v) is 2.42. The zero-order chi connectivity index (χ0) is 10.8. The van der Waals surface area contributed by atoms with Crippen molar-refractivity contribution in [2.24, 2.45) is 17.3 Å². The SMILES string of the molecule is CNC(=O)C1CCCC(C(C)(C)C)C1. The second-order valence-electron chi connectivity index (χ2n) is 5.54. The molecule has 1 rings (SSSR count). The molecule has 0 heterocycles. The molecular weight excluding hydrogens is 174 g/mol. The van der Waals surface area contributed by atoms with E-state index in [4.69, 9.17) is 0 Å². The number of amides is 1. The molecule has 0 aromatic rings.